The molecule has 0 bridgehead atoms. The zero-order valence-corrected chi connectivity index (χ0v) is 13.5. The maximum absolute atomic E-state index is 13.5. The fourth-order valence-corrected chi connectivity index (χ4v) is 3.70. The molecule has 0 atom stereocenters. The normalized spacial score (nSPS) is 11.0. The van der Waals surface area contributed by atoms with E-state index in [1.807, 2.05) is 52.6 Å². The van der Waals surface area contributed by atoms with E-state index in [2.05, 4.69) is 0 Å². The van der Waals surface area contributed by atoms with Crippen molar-refractivity contribution in [2.24, 2.45) is 0 Å². The van der Waals surface area contributed by atoms with Crippen molar-refractivity contribution in [2.75, 3.05) is 0 Å². The van der Waals surface area contributed by atoms with Crippen molar-refractivity contribution in [3.63, 3.8) is 0 Å². The molecule has 2 nitrogen and oxygen atoms in total. The van der Waals surface area contributed by atoms with Gasteiger partial charge in [-0.1, -0.05) is 36.4 Å². The van der Waals surface area contributed by atoms with E-state index in [0.717, 1.165) is 26.9 Å². The molecule has 0 unspecified atom stereocenters. The minimum Gasteiger partial charge on any atom is -0.508 e. The fraction of sp³-hybridized carbons (Fsp3) is 0. The molecule has 4 heteroatoms. The van der Waals surface area contributed by atoms with E-state index in [9.17, 15) is 9.50 Å². The van der Waals surface area contributed by atoms with Crippen molar-refractivity contribution in [3.05, 3.63) is 84.8 Å². The summed E-state index contributed by atoms with van der Waals surface area (Å²) in [7, 11) is 0. The second-order valence-corrected chi connectivity index (χ2v) is 6.53. The first-order chi connectivity index (χ1) is 11.7. The molecule has 118 valence electrons. The Morgan fingerprint density at radius 1 is 0.875 bits per heavy atom. The molecule has 0 saturated heterocycles. The summed E-state index contributed by atoms with van der Waals surface area (Å²) in [5, 5.41) is 10.8. The Kier molecular flexibility index (Phi) is 3.75. The number of rotatable bonds is 3. The van der Waals surface area contributed by atoms with Crippen LogP contribution in [0.25, 0.3) is 22.0 Å². The van der Waals surface area contributed by atoms with E-state index in [1.54, 1.807) is 18.2 Å². The Balaban J connectivity index is 1.87. The number of aromatic hydroxyl groups is 1. The summed E-state index contributed by atoms with van der Waals surface area (Å²) in [6.07, 6.45) is 2.02. The van der Waals surface area contributed by atoms with Gasteiger partial charge in [-0.3, -0.25) is 3.97 Å². The summed E-state index contributed by atoms with van der Waals surface area (Å²) in [6.45, 7) is 0. The van der Waals surface area contributed by atoms with Gasteiger partial charge >= 0.3 is 0 Å². The Morgan fingerprint density at radius 3 is 2.50 bits per heavy atom. The van der Waals surface area contributed by atoms with E-state index in [0.29, 0.717) is 0 Å². The van der Waals surface area contributed by atoms with Gasteiger partial charge in [0.05, 0.1) is 5.52 Å². The molecule has 0 spiro atoms. The highest BCUT2D eigenvalue weighted by Gasteiger charge is 2.12. The second-order valence-electron chi connectivity index (χ2n) is 5.48. The fourth-order valence-electron chi connectivity index (χ4n) is 2.75. The third kappa shape index (κ3) is 2.76. The summed E-state index contributed by atoms with van der Waals surface area (Å²) in [5.41, 5.74) is 3.08. The standard InChI is InChI=1S/C20H14FNOS/c21-15-7-4-8-17(11-15)24-22-13-19(14-5-2-1-3-6-14)18-12-16(23)9-10-20(18)22/h1-13,23H. The van der Waals surface area contributed by atoms with Crippen LogP contribution in [-0.2, 0) is 0 Å². The SMILES string of the molecule is Oc1ccc2c(c1)c(-c1ccccc1)cn2Sc1cccc(F)c1. The first kappa shape index (κ1) is 14.8. The van der Waals surface area contributed by atoms with Gasteiger partial charge in [-0.15, -0.1) is 0 Å². The molecule has 0 aliphatic heterocycles. The zero-order valence-electron chi connectivity index (χ0n) is 12.7. The Labute approximate surface area is 143 Å². The smallest absolute Gasteiger partial charge is 0.124 e. The van der Waals surface area contributed by atoms with Crippen molar-refractivity contribution < 1.29 is 9.50 Å². The van der Waals surface area contributed by atoms with Gasteiger partial charge in [0, 0.05) is 22.0 Å². The topological polar surface area (TPSA) is 25.2 Å². The number of halogens is 1. The van der Waals surface area contributed by atoms with Crippen LogP contribution in [0.15, 0.2) is 83.9 Å². The number of nitrogens with zero attached hydrogens (tertiary/aromatic N) is 1. The molecule has 0 fully saturated rings. The molecule has 3 aromatic carbocycles. The molecule has 1 aromatic heterocycles. The summed E-state index contributed by atoms with van der Waals surface area (Å²) in [5.74, 6) is -0.0226. The summed E-state index contributed by atoms with van der Waals surface area (Å²) >= 11 is 1.45. The number of phenolic OH excluding ortho intramolecular Hbond substituents is 1. The van der Waals surface area contributed by atoms with Crippen LogP contribution in [-0.4, -0.2) is 9.08 Å². The van der Waals surface area contributed by atoms with Crippen LogP contribution >= 0.6 is 11.9 Å². The molecule has 0 amide bonds. The largest absolute Gasteiger partial charge is 0.508 e. The van der Waals surface area contributed by atoms with Gasteiger partial charge in [0.2, 0.25) is 0 Å². The van der Waals surface area contributed by atoms with Crippen LogP contribution < -0.4 is 0 Å². The van der Waals surface area contributed by atoms with Crippen molar-refractivity contribution in [2.45, 2.75) is 4.90 Å². The van der Waals surface area contributed by atoms with E-state index in [-0.39, 0.29) is 11.6 Å². The minimum atomic E-state index is -0.252. The molecule has 24 heavy (non-hydrogen) atoms. The van der Waals surface area contributed by atoms with Crippen LogP contribution in [0.3, 0.4) is 0 Å². The number of phenols is 1. The van der Waals surface area contributed by atoms with Gasteiger partial charge < -0.3 is 5.11 Å². The Bertz CT molecular complexity index is 1010. The van der Waals surface area contributed by atoms with E-state index in [1.165, 1.54) is 24.1 Å². The van der Waals surface area contributed by atoms with Crippen molar-refractivity contribution >= 4 is 22.9 Å². The molecule has 4 rings (SSSR count). The van der Waals surface area contributed by atoms with Gasteiger partial charge in [-0.25, -0.2) is 4.39 Å². The molecule has 4 aromatic rings. The number of hydrogen-bond donors (Lipinski definition) is 1. The number of aromatic nitrogens is 1. The lowest BCUT2D eigenvalue weighted by molar-refractivity contribution is 0.476. The summed E-state index contributed by atoms with van der Waals surface area (Å²) in [6, 6.07) is 21.9. The maximum Gasteiger partial charge on any atom is 0.124 e. The highest BCUT2D eigenvalue weighted by molar-refractivity contribution is 7.98. The average molecular weight is 335 g/mol. The molecule has 0 saturated carbocycles. The predicted octanol–water partition coefficient (Wildman–Crippen LogP) is 5.71. The van der Waals surface area contributed by atoms with Gasteiger partial charge in [-0.05, 0) is 53.9 Å². The summed E-state index contributed by atoms with van der Waals surface area (Å²) in [4.78, 5) is 0.819. The number of benzene rings is 3. The molecular formula is C20H14FNOS. The first-order valence-electron chi connectivity index (χ1n) is 7.54. The van der Waals surface area contributed by atoms with Gasteiger partial charge in [0.25, 0.3) is 0 Å². The molecule has 0 aliphatic carbocycles. The second kappa shape index (κ2) is 6.06. The van der Waals surface area contributed by atoms with Gasteiger partial charge in [-0.2, -0.15) is 0 Å². The monoisotopic (exact) mass is 335 g/mol. The van der Waals surface area contributed by atoms with Crippen LogP contribution in [0.1, 0.15) is 0 Å². The highest BCUT2D eigenvalue weighted by Crippen LogP contribution is 2.36. The van der Waals surface area contributed by atoms with E-state index < -0.39 is 0 Å². The predicted molar refractivity (Wildman–Crippen MR) is 96.7 cm³/mol. The first-order valence-corrected chi connectivity index (χ1v) is 8.31. The van der Waals surface area contributed by atoms with Crippen LogP contribution in [0.2, 0.25) is 0 Å². The number of fused-ring (bicyclic) bond motifs is 1. The van der Waals surface area contributed by atoms with Crippen molar-refractivity contribution in [3.8, 4) is 16.9 Å². The lowest BCUT2D eigenvalue weighted by Gasteiger charge is -2.04. The Hall–Kier alpha value is -2.72. The van der Waals surface area contributed by atoms with Crippen molar-refractivity contribution in [1.29, 1.82) is 0 Å². The zero-order chi connectivity index (χ0) is 16.5. The third-order valence-electron chi connectivity index (χ3n) is 3.84. The van der Waals surface area contributed by atoms with Gasteiger partial charge in [0.1, 0.15) is 11.6 Å². The average Bonchev–Trinajstić information content (AvgIpc) is 2.93. The number of hydrogen-bond acceptors (Lipinski definition) is 2. The molecule has 0 aliphatic rings. The quantitative estimate of drug-likeness (QED) is 0.519. The third-order valence-corrected chi connectivity index (χ3v) is 4.80. The molecule has 1 N–H and O–H groups in total. The minimum absolute atomic E-state index is 0.230. The van der Waals surface area contributed by atoms with Crippen LogP contribution in [0, 0.1) is 5.82 Å². The van der Waals surface area contributed by atoms with Crippen LogP contribution in [0.4, 0.5) is 4.39 Å². The van der Waals surface area contributed by atoms with E-state index in [4.69, 9.17) is 0 Å². The highest BCUT2D eigenvalue weighted by atomic mass is 32.2. The lowest BCUT2D eigenvalue weighted by Crippen LogP contribution is -1.85. The molecule has 1 heterocycles. The lowest BCUT2D eigenvalue weighted by atomic mass is 10.1. The summed E-state index contributed by atoms with van der Waals surface area (Å²) < 4.78 is 15.5. The Morgan fingerprint density at radius 2 is 1.71 bits per heavy atom. The van der Waals surface area contributed by atoms with Crippen LogP contribution in [0.5, 0.6) is 5.75 Å². The maximum atomic E-state index is 13.5. The van der Waals surface area contributed by atoms with E-state index >= 15 is 0 Å². The molecular weight excluding hydrogens is 321 g/mol. The van der Waals surface area contributed by atoms with Crippen molar-refractivity contribution in [1.82, 2.24) is 3.97 Å². The van der Waals surface area contributed by atoms with Gasteiger partial charge in [0.15, 0.2) is 0 Å². The molecule has 0 radical (unpaired) electrons.